The van der Waals surface area contributed by atoms with E-state index in [2.05, 4.69) is 0 Å². The van der Waals surface area contributed by atoms with Crippen LogP contribution in [0.2, 0.25) is 0 Å². The third kappa shape index (κ3) is 1.42. The Kier molecular flexibility index (Phi) is 2.08. The van der Waals surface area contributed by atoms with Crippen molar-refractivity contribution in [1.29, 1.82) is 0 Å². The number of carbonyl (C=O) groups is 1. The third-order valence-corrected chi connectivity index (χ3v) is 2.40. The second-order valence-electron chi connectivity index (χ2n) is 3.42. The van der Waals surface area contributed by atoms with E-state index in [0.717, 1.165) is 5.39 Å². The molecule has 76 valence electrons. The summed E-state index contributed by atoms with van der Waals surface area (Å²) in [5, 5.41) is 21.9. The summed E-state index contributed by atoms with van der Waals surface area (Å²) in [6.45, 7) is 1.63. The Labute approximate surface area is 86.6 Å². The van der Waals surface area contributed by atoms with Gasteiger partial charge in [-0.25, -0.2) is 4.79 Å². The largest absolute Gasteiger partial charge is 0.872 e. The Bertz CT molecular complexity index is 544. The van der Waals surface area contributed by atoms with Gasteiger partial charge in [-0.05, 0) is 17.7 Å². The van der Waals surface area contributed by atoms with Crippen LogP contribution >= 0.6 is 0 Å². The average Bonchev–Trinajstić information content (AvgIpc) is 2.19. The second kappa shape index (κ2) is 3.28. The van der Waals surface area contributed by atoms with Crippen molar-refractivity contribution >= 4 is 16.7 Å². The molecule has 0 bridgehead atoms. The summed E-state index contributed by atoms with van der Waals surface area (Å²) in [5.74, 6) is -1.57. The van der Waals surface area contributed by atoms with E-state index in [4.69, 9.17) is 5.11 Å². The summed E-state index contributed by atoms with van der Waals surface area (Å²) in [5.41, 5.74) is 0.330. The van der Waals surface area contributed by atoms with E-state index in [1.165, 1.54) is 0 Å². The van der Waals surface area contributed by atoms with Crippen molar-refractivity contribution in [3.63, 3.8) is 0 Å². The first-order valence-electron chi connectivity index (χ1n) is 4.54. The molecule has 0 fully saturated rings. The first-order valence-corrected chi connectivity index (χ1v) is 4.54. The second-order valence-corrected chi connectivity index (χ2v) is 3.42. The highest BCUT2D eigenvalue weighted by Crippen LogP contribution is 2.28. The minimum atomic E-state index is -1.17. The monoisotopic (exact) mass is 201 g/mol. The quantitative estimate of drug-likeness (QED) is 0.766. The van der Waals surface area contributed by atoms with E-state index in [1.54, 1.807) is 31.2 Å². The van der Waals surface area contributed by atoms with Gasteiger partial charge in [-0.1, -0.05) is 41.6 Å². The molecule has 0 spiro atoms. The summed E-state index contributed by atoms with van der Waals surface area (Å²) in [4.78, 5) is 11.0. The average molecular weight is 201 g/mol. The molecule has 2 aromatic rings. The fraction of sp³-hybridized carbons (Fsp3) is 0.0833. The summed E-state index contributed by atoms with van der Waals surface area (Å²) < 4.78 is 0. The van der Waals surface area contributed by atoms with Crippen molar-refractivity contribution in [3.8, 4) is 5.75 Å². The van der Waals surface area contributed by atoms with Gasteiger partial charge in [0.15, 0.2) is 0 Å². The van der Waals surface area contributed by atoms with Crippen molar-refractivity contribution in [2.45, 2.75) is 6.92 Å². The highest BCUT2D eigenvalue weighted by atomic mass is 16.4. The summed E-state index contributed by atoms with van der Waals surface area (Å²) in [6.07, 6.45) is 0. The molecule has 1 N–H and O–H groups in total. The fourth-order valence-corrected chi connectivity index (χ4v) is 1.68. The van der Waals surface area contributed by atoms with Gasteiger partial charge in [-0.3, -0.25) is 0 Å². The lowest BCUT2D eigenvalue weighted by Gasteiger charge is -2.16. The van der Waals surface area contributed by atoms with E-state index in [0.29, 0.717) is 10.9 Å². The van der Waals surface area contributed by atoms with Crippen LogP contribution < -0.4 is 5.11 Å². The van der Waals surface area contributed by atoms with Gasteiger partial charge < -0.3 is 10.2 Å². The van der Waals surface area contributed by atoms with Gasteiger partial charge in [0.05, 0.1) is 5.56 Å². The normalized spacial score (nSPS) is 10.5. The van der Waals surface area contributed by atoms with Crippen LogP contribution in [0, 0.1) is 6.92 Å². The SMILES string of the molecule is Cc1cc2ccccc2c(C(=O)O)c1[O-]. The maximum absolute atomic E-state index is 11.6. The van der Waals surface area contributed by atoms with Crippen LogP contribution in [0.4, 0.5) is 0 Å². The molecule has 0 aromatic heterocycles. The Balaban J connectivity index is 2.95. The fourth-order valence-electron chi connectivity index (χ4n) is 1.68. The molecule has 0 saturated heterocycles. The predicted octanol–water partition coefficient (Wildman–Crippen LogP) is 1.92. The van der Waals surface area contributed by atoms with Crippen molar-refractivity contribution < 1.29 is 15.0 Å². The number of rotatable bonds is 1. The Morgan fingerprint density at radius 1 is 1.33 bits per heavy atom. The molecule has 2 rings (SSSR count). The smallest absolute Gasteiger partial charge is 0.335 e. The molecule has 0 radical (unpaired) electrons. The van der Waals surface area contributed by atoms with Gasteiger partial charge in [0.25, 0.3) is 0 Å². The number of fused-ring (bicyclic) bond motifs is 1. The minimum absolute atomic E-state index is 0.134. The molecule has 3 heteroatoms. The predicted molar refractivity (Wildman–Crippen MR) is 55.1 cm³/mol. The molecule has 0 unspecified atom stereocenters. The highest BCUT2D eigenvalue weighted by molar-refractivity contribution is 6.06. The van der Waals surface area contributed by atoms with Crippen LogP contribution in [-0.4, -0.2) is 11.1 Å². The number of aromatic carboxylic acids is 1. The van der Waals surface area contributed by atoms with Gasteiger partial charge in [0.2, 0.25) is 0 Å². The van der Waals surface area contributed by atoms with Crippen molar-refractivity contribution in [3.05, 3.63) is 41.5 Å². The van der Waals surface area contributed by atoms with E-state index in [-0.39, 0.29) is 5.56 Å². The van der Waals surface area contributed by atoms with Gasteiger partial charge in [-0.15, -0.1) is 0 Å². The molecule has 0 atom stereocenters. The number of carboxylic acid groups (broad SMARTS) is 1. The first kappa shape index (κ1) is 9.52. The molecule has 0 heterocycles. The van der Waals surface area contributed by atoms with Crippen molar-refractivity contribution in [2.24, 2.45) is 0 Å². The number of carboxylic acids is 1. The standard InChI is InChI=1S/C12H10O3/c1-7-6-8-4-2-3-5-9(8)10(11(7)13)12(14)15/h2-6,13H,1H3,(H,14,15)/p-1. The molecular weight excluding hydrogens is 192 g/mol. The Morgan fingerprint density at radius 2 is 2.00 bits per heavy atom. The maximum atomic E-state index is 11.6. The van der Waals surface area contributed by atoms with Crippen LogP contribution in [0.1, 0.15) is 15.9 Å². The Hall–Kier alpha value is -2.03. The van der Waals surface area contributed by atoms with E-state index in [9.17, 15) is 9.90 Å². The Morgan fingerprint density at radius 3 is 2.67 bits per heavy atom. The first-order chi connectivity index (χ1) is 7.11. The minimum Gasteiger partial charge on any atom is -0.872 e. The van der Waals surface area contributed by atoms with Crippen LogP contribution in [0.5, 0.6) is 5.75 Å². The van der Waals surface area contributed by atoms with Gasteiger partial charge in [0.1, 0.15) is 0 Å². The van der Waals surface area contributed by atoms with Crippen LogP contribution in [0.3, 0.4) is 0 Å². The molecule has 0 saturated carbocycles. The van der Waals surface area contributed by atoms with Crippen LogP contribution in [-0.2, 0) is 0 Å². The molecule has 15 heavy (non-hydrogen) atoms. The number of hydrogen-bond donors (Lipinski definition) is 1. The van der Waals surface area contributed by atoms with E-state index >= 15 is 0 Å². The molecule has 2 aromatic carbocycles. The number of hydrogen-bond acceptors (Lipinski definition) is 2. The number of aryl methyl sites for hydroxylation is 1. The molecule has 0 aliphatic rings. The molecule has 3 nitrogen and oxygen atoms in total. The van der Waals surface area contributed by atoms with Crippen LogP contribution in [0.25, 0.3) is 10.8 Å². The van der Waals surface area contributed by atoms with Crippen molar-refractivity contribution in [2.75, 3.05) is 0 Å². The zero-order chi connectivity index (χ0) is 11.0. The van der Waals surface area contributed by atoms with Gasteiger partial charge in [-0.2, -0.15) is 0 Å². The van der Waals surface area contributed by atoms with Gasteiger partial charge >= 0.3 is 5.97 Å². The number of benzene rings is 2. The molecule has 0 amide bonds. The third-order valence-electron chi connectivity index (χ3n) is 2.40. The van der Waals surface area contributed by atoms with Crippen LogP contribution in [0.15, 0.2) is 30.3 Å². The highest BCUT2D eigenvalue weighted by Gasteiger charge is 2.10. The lowest BCUT2D eigenvalue weighted by molar-refractivity contribution is -0.269. The van der Waals surface area contributed by atoms with Crippen molar-refractivity contribution in [1.82, 2.24) is 0 Å². The van der Waals surface area contributed by atoms with Gasteiger partial charge in [0, 0.05) is 0 Å². The summed E-state index contributed by atoms with van der Waals surface area (Å²) in [7, 11) is 0. The lowest BCUT2D eigenvalue weighted by Crippen LogP contribution is -2.06. The molecular formula is C12H9O3-. The summed E-state index contributed by atoms with van der Waals surface area (Å²) >= 11 is 0. The maximum Gasteiger partial charge on any atom is 0.335 e. The topological polar surface area (TPSA) is 60.4 Å². The lowest BCUT2D eigenvalue weighted by atomic mass is 10.00. The zero-order valence-corrected chi connectivity index (χ0v) is 8.15. The van der Waals surface area contributed by atoms with E-state index in [1.807, 2.05) is 6.07 Å². The molecule has 0 aliphatic carbocycles. The zero-order valence-electron chi connectivity index (χ0n) is 8.15. The van der Waals surface area contributed by atoms with E-state index < -0.39 is 11.7 Å². The summed E-state index contributed by atoms with van der Waals surface area (Å²) in [6, 6.07) is 8.71. The molecule has 0 aliphatic heterocycles.